The summed E-state index contributed by atoms with van der Waals surface area (Å²) in [6.45, 7) is 5.16. The Morgan fingerprint density at radius 2 is 1.78 bits per heavy atom. The molecular weight excluding hydrogens is 350 g/mol. The second-order valence-electron chi connectivity index (χ2n) is 6.35. The van der Waals surface area contributed by atoms with E-state index < -0.39 is 34.4 Å². The molecule has 8 nitrogen and oxygen atoms in total. The average molecular weight is 367 g/mol. The van der Waals surface area contributed by atoms with E-state index in [2.05, 4.69) is 5.32 Å². The van der Waals surface area contributed by atoms with Crippen molar-refractivity contribution in [3.8, 4) is 0 Å². The van der Waals surface area contributed by atoms with E-state index >= 15 is 0 Å². The minimum absolute atomic E-state index is 0.0689. The van der Waals surface area contributed by atoms with E-state index in [0.717, 1.165) is 22.1 Å². The molecule has 0 fully saturated rings. The summed E-state index contributed by atoms with van der Waals surface area (Å²) in [5.74, 6) is -2.12. The molecule has 1 heterocycles. The van der Waals surface area contributed by atoms with Gasteiger partial charge in [-0.15, -0.1) is 0 Å². The van der Waals surface area contributed by atoms with Crippen molar-refractivity contribution in [2.75, 3.05) is 5.32 Å². The van der Waals surface area contributed by atoms with E-state index in [-0.39, 0.29) is 11.1 Å². The van der Waals surface area contributed by atoms with Crippen molar-refractivity contribution < 1.29 is 19.3 Å². The molecule has 0 radical (unpaired) electrons. The van der Waals surface area contributed by atoms with Gasteiger partial charge in [0, 0.05) is 11.8 Å². The number of nitrogens with one attached hydrogen (secondary N) is 1. The van der Waals surface area contributed by atoms with Crippen LogP contribution in [0.3, 0.4) is 0 Å². The number of carbonyl (C=O) groups is 3. The minimum atomic E-state index is -1.13. The van der Waals surface area contributed by atoms with Crippen molar-refractivity contribution in [3.05, 3.63) is 68.8 Å². The third-order valence-corrected chi connectivity index (χ3v) is 4.75. The van der Waals surface area contributed by atoms with Crippen LogP contribution in [-0.4, -0.2) is 33.6 Å². The number of imide groups is 1. The first-order valence-corrected chi connectivity index (χ1v) is 8.26. The maximum atomic E-state index is 12.7. The topological polar surface area (TPSA) is 110 Å². The van der Waals surface area contributed by atoms with E-state index in [1.165, 1.54) is 19.1 Å². The minimum Gasteiger partial charge on any atom is -0.324 e. The molecule has 1 aliphatic rings. The third-order valence-electron chi connectivity index (χ3n) is 4.75. The molecule has 0 saturated carbocycles. The fraction of sp³-hybridized carbons (Fsp3) is 0.211. The standard InChI is InChI=1S/C19H17N3O5/c1-10-6-4-8-14(11(10)2)20-17(23)12(3)21-18(24)13-7-5-9-15(22(26)27)16(13)19(21)25/h4-9,12H,1-3H3,(H,20,23). The van der Waals surface area contributed by atoms with Crippen LogP contribution in [0.2, 0.25) is 0 Å². The average Bonchev–Trinajstić information content (AvgIpc) is 2.89. The zero-order valence-corrected chi connectivity index (χ0v) is 15.0. The Bertz CT molecular complexity index is 999. The summed E-state index contributed by atoms with van der Waals surface area (Å²) in [5.41, 5.74) is 1.64. The summed E-state index contributed by atoms with van der Waals surface area (Å²) in [6.07, 6.45) is 0. The number of benzene rings is 2. The van der Waals surface area contributed by atoms with Crippen molar-refractivity contribution in [1.29, 1.82) is 0 Å². The highest BCUT2D eigenvalue weighted by atomic mass is 16.6. The molecular formula is C19H17N3O5. The van der Waals surface area contributed by atoms with Gasteiger partial charge in [-0.2, -0.15) is 0 Å². The lowest BCUT2D eigenvalue weighted by Gasteiger charge is -2.22. The highest BCUT2D eigenvalue weighted by molar-refractivity contribution is 6.24. The lowest BCUT2D eigenvalue weighted by Crippen LogP contribution is -2.45. The van der Waals surface area contributed by atoms with E-state index in [9.17, 15) is 24.5 Å². The second-order valence-corrected chi connectivity index (χ2v) is 6.35. The van der Waals surface area contributed by atoms with Crippen molar-refractivity contribution in [1.82, 2.24) is 4.90 Å². The number of fused-ring (bicyclic) bond motifs is 1. The van der Waals surface area contributed by atoms with Gasteiger partial charge in [-0.1, -0.05) is 18.2 Å². The van der Waals surface area contributed by atoms with Crippen molar-refractivity contribution in [2.24, 2.45) is 0 Å². The van der Waals surface area contributed by atoms with Gasteiger partial charge >= 0.3 is 0 Å². The first kappa shape index (κ1) is 18.2. The molecule has 0 saturated heterocycles. The molecule has 1 unspecified atom stereocenters. The Labute approximate surface area is 154 Å². The van der Waals surface area contributed by atoms with Crippen molar-refractivity contribution in [3.63, 3.8) is 0 Å². The SMILES string of the molecule is Cc1cccc(NC(=O)C(C)N2C(=O)c3cccc([N+](=O)[O-])c3C2=O)c1C. The highest BCUT2D eigenvalue weighted by Crippen LogP contribution is 2.32. The number of nitro benzene ring substituents is 1. The number of amides is 3. The van der Waals surface area contributed by atoms with Gasteiger partial charge in [0.05, 0.1) is 10.5 Å². The van der Waals surface area contributed by atoms with Gasteiger partial charge in [0.1, 0.15) is 11.6 Å². The largest absolute Gasteiger partial charge is 0.324 e. The number of carbonyl (C=O) groups excluding carboxylic acids is 3. The van der Waals surface area contributed by atoms with Gasteiger partial charge in [-0.3, -0.25) is 29.4 Å². The summed E-state index contributed by atoms with van der Waals surface area (Å²) in [4.78, 5) is 49.1. The lowest BCUT2D eigenvalue weighted by atomic mass is 10.1. The molecule has 0 aliphatic carbocycles. The van der Waals surface area contributed by atoms with Crippen molar-refractivity contribution >= 4 is 29.1 Å². The van der Waals surface area contributed by atoms with Gasteiger partial charge in [0.15, 0.2) is 0 Å². The zero-order chi connectivity index (χ0) is 19.9. The van der Waals surface area contributed by atoms with Crippen LogP contribution in [0.15, 0.2) is 36.4 Å². The van der Waals surface area contributed by atoms with Crippen LogP contribution in [0, 0.1) is 24.0 Å². The Hall–Kier alpha value is -3.55. The number of aryl methyl sites for hydroxylation is 1. The maximum absolute atomic E-state index is 12.7. The molecule has 3 rings (SSSR count). The van der Waals surface area contributed by atoms with Crippen LogP contribution >= 0.6 is 0 Å². The Morgan fingerprint density at radius 1 is 1.11 bits per heavy atom. The Morgan fingerprint density at radius 3 is 2.44 bits per heavy atom. The Balaban J connectivity index is 1.90. The molecule has 2 aromatic rings. The number of nitrogens with zero attached hydrogens (tertiary/aromatic N) is 2. The molecule has 8 heteroatoms. The monoisotopic (exact) mass is 367 g/mol. The normalized spacial score (nSPS) is 14.1. The van der Waals surface area contributed by atoms with E-state index in [1.54, 1.807) is 12.1 Å². The van der Waals surface area contributed by atoms with Crippen LogP contribution in [0.1, 0.15) is 38.8 Å². The van der Waals surface area contributed by atoms with Gasteiger partial charge in [-0.05, 0) is 44.0 Å². The molecule has 0 spiro atoms. The quantitative estimate of drug-likeness (QED) is 0.508. The molecule has 1 atom stereocenters. The lowest BCUT2D eigenvalue weighted by molar-refractivity contribution is -0.385. The van der Waals surface area contributed by atoms with Gasteiger partial charge < -0.3 is 5.32 Å². The van der Waals surface area contributed by atoms with Gasteiger partial charge in [-0.25, -0.2) is 0 Å². The van der Waals surface area contributed by atoms with Gasteiger partial charge in [0.25, 0.3) is 17.5 Å². The van der Waals surface area contributed by atoms with Crippen LogP contribution < -0.4 is 5.32 Å². The first-order valence-electron chi connectivity index (χ1n) is 8.26. The second kappa shape index (κ2) is 6.64. The number of rotatable bonds is 4. The summed E-state index contributed by atoms with van der Waals surface area (Å²) in [7, 11) is 0. The number of anilines is 1. The third kappa shape index (κ3) is 2.95. The van der Waals surface area contributed by atoms with Crippen LogP contribution in [0.5, 0.6) is 0 Å². The predicted molar refractivity (Wildman–Crippen MR) is 97.6 cm³/mol. The van der Waals surface area contributed by atoms with Crippen LogP contribution in [0.4, 0.5) is 11.4 Å². The number of hydrogen-bond donors (Lipinski definition) is 1. The molecule has 2 aromatic carbocycles. The zero-order valence-electron chi connectivity index (χ0n) is 15.0. The highest BCUT2D eigenvalue weighted by Gasteiger charge is 2.44. The van der Waals surface area contributed by atoms with E-state index in [1.807, 2.05) is 19.9 Å². The number of nitro groups is 1. The maximum Gasteiger partial charge on any atom is 0.282 e. The van der Waals surface area contributed by atoms with Crippen LogP contribution in [-0.2, 0) is 4.79 Å². The molecule has 1 N–H and O–H groups in total. The molecule has 27 heavy (non-hydrogen) atoms. The summed E-state index contributed by atoms with van der Waals surface area (Å²) in [6, 6.07) is 8.13. The van der Waals surface area contributed by atoms with E-state index in [4.69, 9.17) is 0 Å². The summed E-state index contributed by atoms with van der Waals surface area (Å²) >= 11 is 0. The predicted octanol–water partition coefficient (Wildman–Crippen LogP) is 2.83. The summed E-state index contributed by atoms with van der Waals surface area (Å²) < 4.78 is 0. The number of hydrogen-bond acceptors (Lipinski definition) is 5. The molecule has 1 aliphatic heterocycles. The van der Waals surface area contributed by atoms with Crippen molar-refractivity contribution in [2.45, 2.75) is 26.8 Å². The van der Waals surface area contributed by atoms with Gasteiger partial charge in [0.2, 0.25) is 5.91 Å². The molecule has 0 aromatic heterocycles. The molecule has 0 bridgehead atoms. The fourth-order valence-electron chi connectivity index (χ4n) is 3.03. The first-order chi connectivity index (χ1) is 12.7. The molecule has 3 amide bonds. The molecule has 138 valence electrons. The fourth-order valence-corrected chi connectivity index (χ4v) is 3.03. The Kier molecular flexibility index (Phi) is 4.49. The smallest absolute Gasteiger partial charge is 0.282 e. The summed E-state index contributed by atoms with van der Waals surface area (Å²) in [5, 5.41) is 13.9. The van der Waals surface area contributed by atoms with Crippen LogP contribution in [0.25, 0.3) is 0 Å². The van der Waals surface area contributed by atoms with E-state index in [0.29, 0.717) is 5.69 Å².